The smallest absolute Gasteiger partial charge is 0.133 e. The Bertz CT molecular complexity index is 621. The number of rotatable bonds is 6. The molecular formula is C17H19ClFNS. The van der Waals surface area contributed by atoms with E-state index in [4.69, 9.17) is 11.6 Å². The van der Waals surface area contributed by atoms with Crippen molar-refractivity contribution < 1.29 is 4.39 Å². The molecule has 2 aromatic rings. The van der Waals surface area contributed by atoms with E-state index in [9.17, 15) is 4.39 Å². The van der Waals surface area contributed by atoms with Crippen molar-refractivity contribution in [1.82, 2.24) is 5.32 Å². The van der Waals surface area contributed by atoms with E-state index in [1.54, 1.807) is 23.5 Å². The van der Waals surface area contributed by atoms with Gasteiger partial charge < -0.3 is 5.32 Å². The first kappa shape index (κ1) is 15.0. The monoisotopic (exact) mass is 323 g/mol. The lowest BCUT2D eigenvalue weighted by atomic mass is 10.1. The van der Waals surface area contributed by atoms with Crippen molar-refractivity contribution in [2.24, 2.45) is 5.92 Å². The van der Waals surface area contributed by atoms with E-state index >= 15 is 0 Å². The van der Waals surface area contributed by atoms with Crippen molar-refractivity contribution in [3.63, 3.8) is 0 Å². The van der Waals surface area contributed by atoms with Gasteiger partial charge in [-0.2, -0.15) is 0 Å². The predicted octanol–water partition coefficient (Wildman–Crippen LogP) is 5.66. The fourth-order valence-corrected chi connectivity index (χ4v) is 3.95. The highest BCUT2D eigenvalue weighted by Crippen LogP contribution is 2.44. The van der Waals surface area contributed by atoms with Crippen LogP contribution in [0.2, 0.25) is 5.02 Å². The largest absolute Gasteiger partial charge is 0.309 e. The van der Waals surface area contributed by atoms with Crippen molar-refractivity contribution in [2.45, 2.75) is 32.2 Å². The first-order valence-corrected chi connectivity index (χ1v) is 8.67. The van der Waals surface area contributed by atoms with Crippen LogP contribution in [-0.4, -0.2) is 6.54 Å². The fraction of sp³-hybridized carbons (Fsp3) is 0.412. The van der Waals surface area contributed by atoms with Gasteiger partial charge in [0.15, 0.2) is 0 Å². The Balaban J connectivity index is 1.84. The fourth-order valence-electron chi connectivity index (χ4n) is 2.58. The van der Waals surface area contributed by atoms with E-state index in [-0.39, 0.29) is 5.82 Å². The summed E-state index contributed by atoms with van der Waals surface area (Å²) >= 11 is 7.51. The molecule has 112 valence electrons. The van der Waals surface area contributed by atoms with Crippen LogP contribution in [0, 0.1) is 11.7 Å². The van der Waals surface area contributed by atoms with Gasteiger partial charge in [-0.3, -0.25) is 0 Å². The Kier molecular flexibility index (Phi) is 4.63. The van der Waals surface area contributed by atoms with Gasteiger partial charge in [-0.05, 0) is 62.1 Å². The molecule has 4 heteroatoms. The first-order valence-electron chi connectivity index (χ1n) is 7.47. The minimum absolute atomic E-state index is 0.250. The summed E-state index contributed by atoms with van der Waals surface area (Å²) in [5.41, 5.74) is 0.640. The maximum absolute atomic E-state index is 14.0. The molecule has 0 spiro atoms. The molecule has 0 saturated heterocycles. The molecule has 3 rings (SSSR count). The zero-order valence-electron chi connectivity index (χ0n) is 12.0. The van der Waals surface area contributed by atoms with Gasteiger partial charge in [-0.15, -0.1) is 11.3 Å². The second-order valence-corrected chi connectivity index (χ2v) is 7.15. The molecule has 0 radical (unpaired) electrons. The molecule has 1 aliphatic carbocycles. The second kappa shape index (κ2) is 6.47. The van der Waals surface area contributed by atoms with Crippen molar-refractivity contribution in [1.29, 1.82) is 0 Å². The van der Waals surface area contributed by atoms with Crippen LogP contribution >= 0.6 is 22.9 Å². The average Bonchev–Trinajstić information content (AvgIpc) is 3.18. The van der Waals surface area contributed by atoms with Crippen LogP contribution in [0.1, 0.15) is 37.1 Å². The Morgan fingerprint density at radius 2 is 2.14 bits per heavy atom. The summed E-state index contributed by atoms with van der Waals surface area (Å²) in [5, 5.41) is 4.07. The third-order valence-electron chi connectivity index (χ3n) is 3.84. The lowest BCUT2D eigenvalue weighted by Crippen LogP contribution is -2.22. The van der Waals surface area contributed by atoms with E-state index in [1.807, 2.05) is 6.07 Å². The standard InChI is InChI=1S/C17H19ClFNS/c1-2-9-20-17(11-3-4-11)16-8-7-15(21-16)13-6-5-12(18)10-14(13)19/h5-8,10-11,17,20H,2-4,9H2,1H3. The number of halogens is 2. The number of benzene rings is 1. The molecule has 1 fully saturated rings. The third kappa shape index (κ3) is 3.47. The molecule has 0 bridgehead atoms. The highest BCUT2D eigenvalue weighted by Gasteiger charge is 2.32. The van der Waals surface area contributed by atoms with Crippen LogP contribution in [0.5, 0.6) is 0 Å². The number of nitrogens with one attached hydrogen (secondary N) is 1. The highest BCUT2D eigenvalue weighted by molar-refractivity contribution is 7.15. The van der Waals surface area contributed by atoms with Crippen LogP contribution in [0.25, 0.3) is 10.4 Å². The van der Waals surface area contributed by atoms with Crippen LogP contribution in [0.3, 0.4) is 0 Å². The summed E-state index contributed by atoms with van der Waals surface area (Å²) < 4.78 is 14.0. The van der Waals surface area contributed by atoms with Gasteiger partial charge in [0.2, 0.25) is 0 Å². The quantitative estimate of drug-likeness (QED) is 0.723. The summed E-state index contributed by atoms with van der Waals surface area (Å²) in [5.74, 6) is 0.499. The van der Waals surface area contributed by atoms with Crippen molar-refractivity contribution in [2.75, 3.05) is 6.54 Å². The second-order valence-electron chi connectivity index (χ2n) is 5.60. The van der Waals surface area contributed by atoms with Crippen LogP contribution < -0.4 is 5.32 Å². The molecular weight excluding hydrogens is 305 g/mol. The molecule has 1 unspecified atom stereocenters. The molecule has 0 amide bonds. The Morgan fingerprint density at radius 1 is 1.33 bits per heavy atom. The summed E-state index contributed by atoms with van der Waals surface area (Å²) in [6, 6.07) is 9.48. The maximum atomic E-state index is 14.0. The number of thiophene rings is 1. The first-order chi connectivity index (χ1) is 10.2. The molecule has 1 atom stereocenters. The van der Waals surface area contributed by atoms with Gasteiger partial charge >= 0.3 is 0 Å². The lowest BCUT2D eigenvalue weighted by molar-refractivity contribution is 0.488. The van der Waals surface area contributed by atoms with E-state index in [1.165, 1.54) is 23.8 Å². The van der Waals surface area contributed by atoms with Crippen molar-refractivity contribution >= 4 is 22.9 Å². The third-order valence-corrected chi connectivity index (χ3v) is 5.27. The lowest BCUT2D eigenvalue weighted by Gasteiger charge is -2.16. The zero-order chi connectivity index (χ0) is 14.8. The van der Waals surface area contributed by atoms with E-state index < -0.39 is 0 Å². The van der Waals surface area contributed by atoms with Crippen molar-refractivity contribution in [3.05, 3.63) is 46.0 Å². The minimum Gasteiger partial charge on any atom is -0.309 e. The number of hydrogen-bond donors (Lipinski definition) is 1. The highest BCUT2D eigenvalue weighted by atomic mass is 35.5. The van der Waals surface area contributed by atoms with Gasteiger partial charge in [-0.25, -0.2) is 4.39 Å². The topological polar surface area (TPSA) is 12.0 Å². The Hall–Kier alpha value is -0.900. The normalized spacial score (nSPS) is 16.1. The van der Waals surface area contributed by atoms with Gasteiger partial charge in [-0.1, -0.05) is 18.5 Å². The molecule has 1 nitrogen and oxygen atoms in total. The van der Waals surface area contributed by atoms with Gasteiger partial charge in [0.25, 0.3) is 0 Å². The zero-order valence-corrected chi connectivity index (χ0v) is 13.6. The van der Waals surface area contributed by atoms with E-state index in [0.29, 0.717) is 16.6 Å². The minimum atomic E-state index is -0.250. The summed E-state index contributed by atoms with van der Waals surface area (Å²) in [4.78, 5) is 2.29. The van der Waals surface area contributed by atoms with Crippen LogP contribution in [-0.2, 0) is 0 Å². The Morgan fingerprint density at radius 3 is 2.81 bits per heavy atom. The van der Waals surface area contributed by atoms with Gasteiger partial charge in [0.1, 0.15) is 5.82 Å². The molecule has 0 aliphatic heterocycles. The van der Waals surface area contributed by atoms with Crippen molar-refractivity contribution in [3.8, 4) is 10.4 Å². The SMILES string of the molecule is CCCNC(c1ccc(-c2ccc(Cl)cc2F)s1)C1CC1. The molecule has 21 heavy (non-hydrogen) atoms. The van der Waals surface area contributed by atoms with Gasteiger partial charge in [0, 0.05) is 26.4 Å². The van der Waals surface area contributed by atoms with E-state index in [2.05, 4.69) is 18.3 Å². The number of hydrogen-bond acceptors (Lipinski definition) is 2. The summed E-state index contributed by atoms with van der Waals surface area (Å²) in [6.45, 7) is 3.21. The summed E-state index contributed by atoms with van der Waals surface area (Å²) in [7, 11) is 0. The molecule has 1 heterocycles. The summed E-state index contributed by atoms with van der Waals surface area (Å²) in [6.07, 6.45) is 3.72. The van der Waals surface area contributed by atoms with Gasteiger partial charge in [0.05, 0.1) is 0 Å². The molecule has 1 N–H and O–H groups in total. The molecule has 1 aliphatic rings. The van der Waals surface area contributed by atoms with Crippen LogP contribution in [0.4, 0.5) is 4.39 Å². The predicted molar refractivity (Wildman–Crippen MR) is 88.5 cm³/mol. The average molecular weight is 324 g/mol. The molecule has 1 saturated carbocycles. The molecule has 1 aromatic carbocycles. The molecule has 1 aromatic heterocycles. The maximum Gasteiger partial charge on any atom is 0.133 e. The van der Waals surface area contributed by atoms with E-state index in [0.717, 1.165) is 23.8 Å². The van der Waals surface area contributed by atoms with Crippen LogP contribution in [0.15, 0.2) is 30.3 Å². The Labute approximate surface area is 134 Å².